The third-order valence-electron chi connectivity index (χ3n) is 1.70. The smallest absolute Gasteiger partial charge is 0.299 e. The first-order chi connectivity index (χ1) is 6.95. The average Bonchev–Trinajstić information content (AvgIpc) is 2.14. The maximum absolute atomic E-state index is 12.5. The zero-order valence-electron chi connectivity index (χ0n) is 7.38. The highest BCUT2D eigenvalue weighted by molar-refractivity contribution is 9.10. The highest BCUT2D eigenvalue weighted by atomic mass is 79.9. The van der Waals surface area contributed by atoms with Gasteiger partial charge in [0, 0.05) is 4.47 Å². The van der Waals surface area contributed by atoms with Crippen molar-refractivity contribution in [1.82, 2.24) is 0 Å². The zero-order chi connectivity index (χ0) is 11.5. The minimum Gasteiger partial charge on any atom is -0.299 e. The van der Waals surface area contributed by atoms with Crippen LogP contribution in [0.2, 0.25) is 0 Å². The van der Waals surface area contributed by atoms with E-state index in [9.17, 15) is 18.0 Å². The SMILES string of the molecule is O=C/C=C(\c1ccc(Br)cc1)C(F)(F)F. The molecular formula is C10H6BrF3O. The van der Waals surface area contributed by atoms with Crippen molar-refractivity contribution < 1.29 is 18.0 Å². The first-order valence-electron chi connectivity index (χ1n) is 3.94. The molecule has 15 heavy (non-hydrogen) atoms. The molecule has 80 valence electrons. The molecule has 1 aromatic rings. The van der Waals surface area contributed by atoms with E-state index >= 15 is 0 Å². The van der Waals surface area contributed by atoms with Gasteiger partial charge in [0.05, 0.1) is 5.57 Å². The van der Waals surface area contributed by atoms with Crippen molar-refractivity contribution in [2.45, 2.75) is 6.18 Å². The van der Waals surface area contributed by atoms with E-state index in [0.717, 1.165) is 0 Å². The van der Waals surface area contributed by atoms with Crippen molar-refractivity contribution in [2.24, 2.45) is 0 Å². The van der Waals surface area contributed by atoms with Gasteiger partial charge in [0.15, 0.2) is 0 Å². The fourth-order valence-electron chi connectivity index (χ4n) is 1.05. The van der Waals surface area contributed by atoms with Crippen LogP contribution in [0.15, 0.2) is 34.8 Å². The van der Waals surface area contributed by atoms with Crippen molar-refractivity contribution in [3.05, 3.63) is 40.4 Å². The van der Waals surface area contributed by atoms with Gasteiger partial charge in [0.2, 0.25) is 0 Å². The summed E-state index contributed by atoms with van der Waals surface area (Å²) in [4.78, 5) is 10.1. The summed E-state index contributed by atoms with van der Waals surface area (Å²) >= 11 is 3.11. The van der Waals surface area contributed by atoms with Gasteiger partial charge in [-0.3, -0.25) is 4.79 Å². The van der Waals surface area contributed by atoms with E-state index in [2.05, 4.69) is 15.9 Å². The lowest BCUT2D eigenvalue weighted by atomic mass is 10.1. The minimum absolute atomic E-state index is 0.0298. The molecule has 0 atom stereocenters. The van der Waals surface area contributed by atoms with Gasteiger partial charge < -0.3 is 0 Å². The number of benzene rings is 1. The highest BCUT2D eigenvalue weighted by Crippen LogP contribution is 2.33. The van der Waals surface area contributed by atoms with Crippen molar-refractivity contribution in [1.29, 1.82) is 0 Å². The predicted octanol–water partition coefficient (Wildman–Crippen LogP) is 3.59. The van der Waals surface area contributed by atoms with Crippen LogP contribution in [0.25, 0.3) is 5.57 Å². The Labute approximate surface area is 92.7 Å². The Kier molecular flexibility index (Phi) is 3.68. The minimum atomic E-state index is -4.52. The third kappa shape index (κ3) is 3.20. The van der Waals surface area contributed by atoms with Crippen LogP contribution < -0.4 is 0 Å². The molecule has 0 aromatic heterocycles. The molecule has 0 spiro atoms. The van der Waals surface area contributed by atoms with E-state index in [1.807, 2.05) is 0 Å². The van der Waals surface area contributed by atoms with Crippen LogP contribution in [-0.2, 0) is 4.79 Å². The summed E-state index contributed by atoms with van der Waals surface area (Å²) in [6.45, 7) is 0. The summed E-state index contributed by atoms with van der Waals surface area (Å²) in [5, 5.41) is 0. The molecule has 0 amide bonds. The molecule has 0 bridgehead atoms. The lowest BCUT2D eigenvalue weighted by molar-refractivity contribution is -0.104. The number of rotatable bonds is 2. The third-order valence-corrected chi connectivity index (χ3v) is 2.22. The molecule has 0 radical (unpaired) electrons. The number of carbonyl (C=O) groups is 1. The van der Waals surface area contributed by atoms with Crippen molar-refractivity contribution >= 4 is 27.8 Å². The van der Waals surface area contributed by atoms with Gasteiger partial charge in [-0.05, 0) is 23.8 Å². The second-order valence-electron chi connectivity index (χ2n) is 2.72. The Balaban J connectivity index is 3.17. The first kappa shape index (κ1) is 12.0. The van der Waals surface area contributed by atoms with E-state index in [1.165, 1.54) is 24.3 Å². The van der Waals surface area contributed by atoms with E-state index in [4.69, 9.17) is 0 Å². The Morgan fingerprint density at radius 3 is 2.13 bits per heavy atom. The second-order valence-corrected chi connectivity index (χ2v) is 3.64. The van der Waals surface area contributed by atoms with Crippen molar-refractivity contribution in [2.75, 3.05) is 0 Å². The number of carbonyl (C=O) groups excluding carboxylic acids is 1. The first-order valence-corrected chi connectivity index (χ1v) is 4.73. The van der Waals surface area contributed by atoms with Gasteiger partial charge in [0.1, 0.15) is 6.29 Å². The zero-order valence-corrected chi connectivity index (χ0v) is 8.97. The summed E-state index contributed by atoms with van der Waals surface area (Å²) in [5.41, 5.74) is -0.970. The van der Waals surface area contributed by atoms with Crippen LogP contribution in [-0.4, -0.2) is 12.5 Å². The molecule has 1 nitrogen and oxygen atoms in total. The Morgan fingerprint density at radius 1 is 1.20 bits per heavy atom. The lowest BCUT2D eigenvalue weighted by Crippen LogP contribution is -2.10. The molecule has 0 aliphatic carbocycles. The van der Waals surface area contributed by atoms with E-state index in [1.54, 1.807) is 0 Å². The second kappa shape index (κ2) is 4.61. The molecule has 0 saturated carbocycles. The Hall–Kier alpha value is -1.10. The normalized spacial score (nSPS) is 12.7. The largest absolute Gasteiger partial charge is 0.417 e. The summed E-state index contributed by atoms with van der Waals surface area (Å²) in [6.07, 6.45) is -3.87. The highest BCUT2D eigenvalue weighted by Gasteiger charge is 2.34. The fraction of sp³-hybridized carbons (Fsp3) is 0.100. The molecule has 0 heterocycles. The van der Waals surface area contributed by atoms with E-state index in [0.29, 0.717) is 10.5 Å². The number of halogens is 4. The van der Waals surface area contributed by atoms with E-state index < -0.39 is 11.7 Å². The number of allylic oxidation sites excluding steroid dienone is 2. The van der Waals surface area contributed by atoms with Crippen LogP contribution in [0, 0.1) is 0 Å². The maximum atomic E-state index is 12.5. The van der Waals surface area contributed by atoms with Crippen LogP contribution in [0.4, 0.5) is 13.2 Å². The predicted molar refractivity (Wildman–Crippen MR) is 54.2 cm³/mol. The molecule has 0 aliphatic rings. The van der Waals surface area contributed by atoms with Gasteiger partial charge in [-0.2, -0.15) is 13.2 Å². The van der Waals surface area contributed by atoms with E-state index in [-0.39, 0.29) is 11.8 Å². The molecular weight excluding hydrogens is 273 g/mol. The summed E-state index contributed by atoms with van der Waals surface area (Å²) in [7, 11) is 0. The summed E-state index contributed by atoms with van der Waals surface area (Å²) in [6, 6.07) is 5.57. The molecule has 0 fully saturated rings. The topological polar surface area (TPSA) is 17.1 Å². The molecule has 0 N–H and O–H groups in total. The van der Waals surface area contributed by atoms with Crippen LogP contribution in [0.1, 0.15) is 5.56 Å². The van der Waals surface area contributed by atoms with Crippen LogP contribution >= 0.6 is 15.9 Å². The number of hydrogen-bond donors (Lipinski definition) is 0. The van der Waals surface area contributed by atoms with Crippen molar-refractivity contribution in [3.8, 4) is 0 Å². The fourth-order valence-corrected chi connectivity index (χ4v) is 1.32. The molecule has 0 unspecified atom stereocenters. The van der Waals surface area contributed by atoms with Gasteiger partial charge in [0.25, 0.3) is 0 Å². The molecule has 0 saturated heterocycles. The van der Waals surface area contributed by atoms with Gasteiger partial charge in [-0.25, -0.2) is 0 Å². The van der Waals surface area contributed by atoms with Gasteiger partial charge in [-0.1, -0.05) is 28.1 Å². The molecule has 1 rings (SSSR count). The quantitative estimate of drug-likeness (QED) is 0.597. The Bertz CT molecular complexity index is 379. The monoisotopic (exact) mass is 278 g/mol. The number of aldehydes is 1. The standard InChI is InChI=1S/C10H6BrF3O/c11-8-3-1-7(2-4-8)9(5-6-15)10(12,13)14/h1-6H/b9-5+. The Morgan fingerprint density at radius 2 is 1.73 bits per heavy atom. The number of hydrogen-bond acceptors (Lipinski definition) is 1. The molecule has 1 aromatic carbocycles. The van der Waals surface area contributed by atoms with Gasteiger partial charge in [-0.15, -0.1) is 0 Å². The van der Waals surface area contributed by atoms with Gasteiger partial charge >= 0.3 is 6.18 Å². The number of alkyl halides is 3. The average molecular weight is 279 g/mol. The summed E-state index contributed by atoms with van der Waals surface area (Å²) in [5.74, 6) is 0. The maximum Gasteiger partial charge on any atom is 0.417 e. The molecule has 5 heteroatoms. The van der Waals surface area contributed by atoms with Crippen LogP contribution in [0.5, 0.6) is 0 Å². The summed E-state index contributed by atoms with van der Waals surface area (Å²) < 4.78 is 38.0. The van der Waals surface area contributed by atoms with Crippen LogP contribution in [0.3, 0.4) is 0 Å². The molecule has 0 aliphatic heterocycles. The van der Waals surface area contributed by atoms with Crippen molar-refractivity contribution in [3.63, 3.8) is 0 Å². The lowest BCUT2D eigenvalue weighted by Gasteiger charge is -2.10.